The van der Waals surface area contributed by atoms with E-state index in [1.54, 1.807) is 0 Å². The van der Waals surface area contributed by atoms with Crippen molar-refractivity contribution < 1.29 is 9.53 Å². The summed E-state index contributed by atoms with van der Waals surface area (Å²) < 4.78 is 5.55. The SMILES string of the molecule is CC(C)N1CCC(NC(=O)CC2CNCCO2)CC1. The summed E-state index contributed by atoms with van der Waals surface area (Å²) in [4.78, 5) is 14.4. The van der Waals surface area contributed by atoms with Crippen molar-refractivity contribution in [3.63, 3.8) is 0 Å². The molecule has 110 valence electrons. The lowest BCUT2D eigenvalue weighted by Gasteiger charge is -2.35. The number of carbonyl (C=O) groups is 1. The minimum absolute atomic E-state index is 0.0458. The van der Waals surface area contributed by atoms with Gasteiger partial charge in [0.1, 0.15) is 0 Å². The number of amides is 1. The molecule has 2 aliphatic rings. The van der Waals surface area contributed by atoms with E-state index in [9.17, 15) is 4.79 Å². The molecule has 0 spiro atoms. The van der Waals surface area contributed by atoms with E-state index in [0.29, 0.717) is 25.1 Å². The summed E-state index contributed by atoms with van der Waals surface area (Å²) in [5, 5.41) is 6.40. The van der Waals surface area contributed by atoms with Crippen LogP contribution < -0.4 is 10.6 Å². The lowest BCUT2D eigenvalue weighted by molar-refractivity contribution is -0.125. The summed E-state index contributed by atoms with van der Waals surface area (Å²) in [5.41, 5.74) is 0. The number of morpholine rings is 1. The van der Waals surface area contributed by atoms with Gasteiger partial charge in [0.15, 0.2) is 0 Å². The van der Waals surface area contributed by atoms with Crippen LogP contribution in [0.3, 0.4) is 0 Å². The first-order valence-electron chi connectivity index (χ1n) is 7.51. The normalized spacial score (nSPS) is 26.6. The van der Waals surface area contributed by atoms with Gasteiger partial charge in [-0.2, -0.15) is 0 Å². The van der Waals surface area contributed by atoms with E-state index in [2.05, 4.69) is 29.4 Å². The number of rotatable bonds is 4. The fourth-order valence-electron chi connectivity index (χ4n) is 2.80. The van der Waals surface area contributed by atoms with Gasteiger partial charge < -0.3 is 20.3 Å². The Bertz CT molecular complexity index is 282. The molecule has 1 atom stereocenters. The van der Waals surface area contributed by atoms with Crippen molar-refractivity contribution in [3.8, 4) is 0 Å². The minimum atomic E-state index is 0.0458. The van der Waals surface area contributed by atoms with Gasteiger partial charge in [-0.1, -0.05) is 0 Å². The second-order valence-corrected chi connectivity index (χ2v) is 5.87. The number of hydrogen-bond donors (Lipinski definition) is 2. The third-order valence-corrected chi connectivity index (χ3v) is 4.04. The van der Waals surface area contributed by atoms with E-state index >= 15 is 0 Å². The largest absolute Gasteiger partial charge is 0.375 e. The van der Waals surface area contributed by atoms with Gasteiger partial charge in [-0.15, -0.1) is 0 Å². The van der Waals surface area contributed by atoms with Crippen LogP contribution in [0.1, 0.15) is 33.1 Å². The second kappa shape index (κ2) is 7.22. The predicted octanol–water partition coefficient (Wildman–Crippen LogP) is 0.354. The molecule has 0 aliphatic carbocycles. The molecule has 0 aromatic rings. The maximum absolute atomic E-state index is 12.0. The average Bonchev–Trinajstić information content (AvgIpc) is 2.40. The fourth-order valence-corrected chi connectivity index (χ4v) is 2.80. The van der Waals surface area contributed by atoms with Crippen molar-refractivity contribution in [2.45, 2.75) is 51.3 Å². The Morgan fingerprint density at radius 3 is 2.74 bits per heavy atom. The zero-order valence-corrected chi connectivity index (χ0v) is 12.2. The van der Waals surface area contributed by atoms with Crippen molar-refractivity contribution >= 4 is 5.91 Å². The van der Waals surface area contributed by atoms with Crippen LogP contribution in [0.5, 0.6) is 0 Å². The van der Waals surface area contributed by atoms with Crippen molar-refractivity contribution in [1.82, 2.24) is 15.5 Å². The summed E-state index contributed by atoms with van der Waals surface area (Å²) in [6, 6.07) is 0.956. The average molecular weight is 269 g/mol. The molecule has 0 saturated carbocycles. The molecule has 2 N–H and O–H groups in total. The van der Waals surface area contributed by atoms with E-state index in [4.69, 9.17) is 4.74 Å². The monoisotopic (exact) mass is 269 g/mol. The number of nitrogens with zero attached hydrogens (tertiary/aromatic N) is 1. The molecule has 5 heteroatoms. The Hall–Kier alpha value is -0.650. The number of likely N-dealkylation sites (tertiary alicyclic amines) is 1. The van der Waals surface area contributed by atoms with Crippen LogP contribution in [0.15, 0.2) is 0 Å². The lowest BCUT2D eigenvalue weighted by atomic mass is 10.0. The molecular formula is C14H27N3O2. The number of piperidine rings is 1. The third kappa shape index (κ3) is 4.75. The summed E-state index contributed by atoms with van der Waals surface area (Å²) >= 11 is 0. The van der Waals surface area contributed by atoms with Gasteiger partial charge in [0.2, 0.25) is 5.91 Å². The van der Waals surface area contributed by atoms with Crippen LogP contribution in [0, 0.1) is 0 Å². The van der Waals surface area contributed by atoms with E-state index in [1.165, 1.54) is 0 Å². The fraction of sp³-hybridized carbons (Fsp3) is 0.929. The Balaban J connectivity index is 1.65. The van der Waals surface area contributed by atoms with Crippen molar-refractivity contribution in [2.75, 3.05) is 32.8 Å². The topological polar surface area (TPSA) is 53.6 Å². The van der Waals surface area contributed by atoms with Crippen LogP contribution in [0.2, 0.25) is 0 Å². The van der Waals surface area contributed by atoms with Crippen LogP contribution >= 0.6 is 0 Å². The summed E-state index contributed by atoms with van der Waals surface area (Å²) in [6.45, 7) is 9.03. The molecule has 5 nitrogen and oxygen atoms in total. The maximum atomic E-state index is 12.0. The molecule has 2 rings (SSSR count). The van der Waals surface area contributed by atoms with E-state index < -0.39 is 0 Å². The Kier molecular flexibility index (Phi) is 5.60. The van der Waals surface area contributed by atoms with Gasteiger partial charge in [0, 0.05) is 38.3 Å². The third-order valence-electron chi connectivity index (χ3n) is 4.04. The smallest absolute Gasteiger partial charge is 0.222 e. The van der Waals surface area contributed by atoms with Gasteiger partial charge in [0.25, 0.3) is 0 Å². The highest BCUT2D eigenvalue weighted by atomic mass is 16.5. The van der Waals surface area contributed by atoms with Gasteiger partial charge in [-0.05, 0) is 26.7 Å². The molecule has 0 radical (unpaired) electrons. The Labute approximate surface area is 116 Å². The molecule has 0 aromatic heterocycles. The van der Waals surface area contributed by atoms with Crippen LogP contribution in [0.4, 0.5) is 0 Å². The van der Waals surface area contributed by atoms with Gasteiger partial charge in [-0.3, -0.25) is 4.79 Å². The zero-order valence-electron chi connectivity index (χ0n) is 12.2. The number of hydrogen-bond acceptors (Lipinski definition) is 4. The zero-order chi connectivity index (χ0) is 13.7. The predicted molar refractivity (Wildman–Crippen MR) is 75.1 cm³/mol. The second-order valence-electron chi connectivity index (χ2n) is 5.87. The molecule has 1 unspecified atom stereocenters. The highest BCUT2D eigenvalue weighted by molar-refractivity contribution is 5.76. The highest BCUT2D eigenvalue weighted by Gasteiger charge is 2.23. The van der Waals surface area contributed by atoms with Gasteiger partial charge in [-0.25, -0.2) is 0 Å². The Morgan fingerprint density at radius 1 is 1.42 bits per heavy atom. The minimum Gasteiger partial charge on any atom is -0.375 e. The summed E-state index contributed by atoms with van der Waals surface area (Å²) in [6.07, 6.45) is 2.66. The molecule has 0 aromatic carbocycles. The number of carbonyl (C=O) groups excluding carboxylic acids is 1. The van der Waals surface area contributed by atoms with Crippen LogP contribution in [0.25, 0.3) is 0 Å². The molecule has 2 aliphatic heterocycles. The molecule has 2 heterocycles. The molecule has 19 heavy (non-hydrogen) atoms. The Morgan fingerprint density at radius 2 is 2.16 bits per heavy atom. The summed E-state index contributed by atoms with van der Waals surface area (Å²) in [7, 11) is 0. The van der Waals surface area contributed by atoms with E-state index in [0.717, 1.165) is 39.0 Å². The summed E-state index contributed by atoms with van der Waals surface area (Å²) in [5.74, 6) is 0.136. The highest BCUT2D eigenvalue weighted by Crippen LogP contribution is 2.13. The van der Waals surface area contributed by atoms with E-state index in [1.807, 2.05) is 0 Å². The lowest BCUT2D eigenvalue weighted by Crippen LogP contribution is -2.48. The number of ether oxygens (including phenoxy) is 1. The number of nitrogens with one attached hydrogen (secondary N) is 2. The standard InChI is InChI=1S/C14H27N3O2/c1-11(2)17-6-3-12(4-7-17)16-14(18)9-13-10-15-5-8-19-13/h11-13,15H,3-10H2,1-2H3,(H,16,18). The quantitative estimate of drug-likeness (QED) is 0.773. The molecule has 0 bridgehead atoms. The maximum Gasteiger partial charge on any atom is 0.222 e. The molecule has 2 saturated heterocycles. The first-order valence-corrected chi connectivity index (χ1v) is 7.51. The van der Waals surface area contributed by atoms with Gasteiger partial charge >= 0.3 is 0 Å². The van der Waals surface area contributed by atoms with Crippen molar-refractivity contribution in [1.29, 1.82) is 0 Å². The van der Waals surface area contributed by atoms with Gasteiger partial charge in [0.05, 0.1) is 19.1 Å². The van der Waals surface area contributed by atoms with Crippen molar-refractivity contribution in [3.05, 3.63) is 0 Å². The van der Waals surface area contributed by atoms with Crippen LogP contribution in [-0.2, 0) is 9.53 Å². The first-order chi connectivity index (χ1) is 9.15. The van der Waals surface area contributed by atoms with Crippen LogP contribution in [-0.4, -0.2) is 61.8 Å². The van der Waals surface area contributed by atoms with Crippen molar-refractivity contribution in [2.24, 2.45) is 0 Å². The first kappa shape index (κ1) is 14.8. The molecular weight excluding hydrogens is 242 g/mol. The molecule has 1 amide bonds. The molecule has 2 fully saturated rings. The van der Waals surface area contributed by atoms with E-state index in [-0.39, 0.29) is 12.0 Å².